The maximum atomic E-state index is 11.1. The van der Waals surface area contributed by atoms with Gasteiger partial charge in [-0.1, -0.05) is 18.2 Å². The Balaban J connectivity index is 1.86. The molecule has 25 heavy (non-hydrogen) atoms. The molecule has 6 heteroatoms. The van der Waals surface area contributed by atoms with Crippen LogP contribution in [0.4, 0.5) is 4.79 Å². The van der Waals surface area contributed by atoms with Gasteiger partial charge in [-0.15, -0.1) is 0 Å². The van der Waals surface area contributed by atoms with Crippen molar-refractivity contribution in [2.45, 2.75) is 13.3 Å². The molecule has 0 fully saturated rings. The van der Waals surface area contributed by atoms with Crippen molar-refractivity contribution in [3.05, 3.63) is 54.2 Å². The van der Waals surface area contributed by atoms with Gasteiger partial charge in [0.25, 0.3) is 0 Å². The quantitative estimate of drug-likeness (QED) is 0.889. The SMILES string of the molecule is CCOc1ccccc1Oc1ncccc1C1=CCN(C(=O)O)CC1. The molecule has 3 rings (SSSR count). The smallest absolute Gasteiger partial charge is 0.407 e. The summed E-state index contributed by atoms with van der Waals surface area (Å²) >= 11 is 0. The molecule has 1 aromatic heterocycles. The summed E-state index contributed by atoms with van der Waals surface area (Å²) in [6.07, 6.45) is 3.32. The summed E-state index contributed by atoms with van der Waals surface area (Å²) in [5.41, 5.74) is 1.91. The topological polar surface area (TPSA) is 71.9 Å². The Hall–Kier alpha value is -3.02. The number of nitrogens with zero attached hydrogens (tertiary/aromatic N) is 2. The monoisotopic (exact) mass is 340 g/mol. The van der Waals surface area contributed by atoms with Crippen LogP contribution < -0.4 is 9.47 Å². The van der Waals surface area contributed by atoms with E-state index in [-0.39, 0.29) is 0 Å². The highest BCUT2D eigenvalue weighted by Gasteiger charge is 2.20. The number of ether oxygens (including phenoxy) is 2. The molecule has 1 aliphatic rings. The number of pyridine rings is 1. The average molecular weight is 340 g/mol. The number of hydrogen-bond acceptors (Lipinski definition) is 4. The van der Waals surface area contributed by atoms with Crippen LogP contribution in [-0.2, 0) is 0 Å². The molecule has 0 radical (unpaired) electrons. The lowest BCUT2D eigenvalue weighted by atomic mass is 10.0. The molecule has 1 aromatic carbocycles. The average Bonchev–Trinajstić information content (AvgIpc) is 2.64. The molecule has 130 valence electrons. The molecule has 0 bridgehead atoms. The summed E-state index contributed by atoms with van der Waals surface area (Å²) in [7, 11) is 0. The predicted molar refractivity (Wildman–Crippen MR) is 94.1 cm³/mol. The van der Waals surface area contributed by atoms with Gasteiger partial charge in [-0.2, -0.15) is 0 Å². The van der Waals surface area contributed by atoms with Gasteiger partial charge >= 0.3 is 6.09 Å². The van der Waals surface area contributed by atoms with E-state index in [1.54, 1.807) is 6.20 Å². The Morgan fingerprint density at radius 2 is 2.04 bits per heavy atom. The fourth-order valence-corrected chi connectivity index (χ4v) is 2.72. The second-order valence-corrected chi connectivity index (χ2v) is 5.55. The second kappa shape index (κ2) is 7.70. The first-order valence-corrected chi connectivity index (χ1v) is 8.21. The lowest BCUT2D eigenvalue weighted by molar-refractivity contribution is 0.150. The molecule has 1 aliphatic heterocycles. The zero-order valence-electron chi connectivity index (χ0n) is 14.0. The van der Waals surface area contributed by atoms with Crippen molar-refractivity contribution < 1.29 is 19.4 Å². The third kappa shape index (κ3) is 3.91. The van der Waals surface area contributed by atoms with Gasteiger partial charge in [0.1, 0.15) is 0 Å². The molecule has 0 saturated carbocycles. The van der Waals surface area contributed by atoms with Crippen LogP contribution in [0.15, 0.2) is 48.7 Å². The highest BCUT2D eigenvalue weighted by atomic mass is 16.5. The van der Waals surface area contributed by atoms with Crippen molar-refractivity contribution in [2.75, 3.05) is 19.7 Å². The number of carboxylic acid groups (broad SMARTS) is 1. The van der Waals surface area contributed by atoms with Gasteiger partial charge in [-0.25, -0.2) is 9.78 Å². The number of rotatable bonds is 5. The molecule has 1 amide bonds. The number of carbonyl (C=O) groups is 1. The summed E-state index contributed by atoms with van der Waals surface area (Å²) in [6, 6.07) is 11.2. The number of hydrogen-bond donors (Lipinski definition) is 1. The van der Waals surface area contributed by atoms with E-state index < -0.39 is 6.09 Å². The molecule has 0 saturated heterocycles. The second-order valence-electron chi connectivity index (χ2n) is 5.55. The van der Waals surface area contributed by atoms with E-state index in [1.807, 2.05) is 49.4 Å². The van der Waals surface area contributed by atoms with E-state index in [2.05, 4.69) is 4.98 Å². The summed E-state index contributed by atoms with van der Waals surface area (Å²) in [5.74, 6) is 1.76. The van der Waals surface area contributed by atoms with Gasteiger partial charge in [0.15, 0.2) is 11.5 Å². The first kappa shape index (κ1) is 16.8. The Morgan fingerprint density at radius 3 is 2.72 bits per heavy atom. The third-order valence-electron chi connectivity index (χ3n) is 3.95. The summed E-state index contributed by atoms with van der Waals surface area (Å²) in [4.78, 5) is 16.8. The number of amides is 1. The minimum atomic E-state index is -0.899. The molecular formula is C19H20N2O4. The van der Waals surface area contributed by atoms with Crippen molar-refractivity contribution in [2.24, 2.45) is 0 Å². The molecule has 0 aliphatic carbocycles. The van der Waals surface area contributed by atoms with Gasteiger partial charge in [0, 0.05) is 24.8 Å². The van der Waals surface area contributed by atoms with Crippen LogP contribution in [0.3, 0.4) is 0 Å². The Kier molecular flexibility index (Phi) is 5.18. The van der Waals surface area contributed by atoms with E-state index in [4.69, 9.17) is 14.6 Å². The summed E-state index contributed by atoms with van der Waals surface area (Å²) in [5, 5.41) is 9.07. The number of aromatic nitrogens is 1. The van der Waals surface area contributed by atoms with Crippen LogP contribution in [0.2, 0.25) is 0 Å². The van der Waals surface area contributed by atoms with E-state index in [9.17, 15) is 4.79 Å². The van der Waals surface area contributed by atoms with Gasteiger partial charge < -0.3 is 19.5 Å². The predicted octanol–water partition coefficient (Wildman–Crippen LogP) is 4.04. The van der Waals surface area contributed by atoms with Crippen molar-refractivity contribution in [3.8, 4) is 17.4 Å². The van der Waals surface area contributed by atoms with Crippen molar-refractivity contribution in [3.63, 3.8) is 0 Å². The molecule has 0 spiro atoms. The third-order valence-corrected chi connectivity index (χ3v) is 3.95. The van der Waals surface area contributed by atoms with Crippen molar-refractivity contribution in [1.29, 1.82) is 0 Å². The van der Waals surface area contributed by atoms with Crippen LogP contribution in [0.5, 0.6) is 17.4 Å². The zero-order chi connectivity index (χ0) is 17.6. The highest BCUT2D eigenvalue weighted by molar-refractivity contribution is 5.73. The Labute approximate surface area is 146 Å². The zero-order valence-corrected chi connectivity index (χ0v) is 14.0. The van der Waals surface area contributed by atoms with E-state index in [1.165, 1.54) is 4.90 Å². The molecule has 0 atom stereocenters. The summed E-state index contributed by atoms with van der Waals surface area (Å²) < 4.78 is 11.6. The van der Waals surface area contributed by atoms with E-state index in [0.29, 0.717) is 43.5 Å². The number of benzene rings is 1. The first-order valence-electron chi connectivity index (χ1n) is 8.21. The first-order chi connectivity index (χ1) is 12.2. The Morgan fingerprint density at radius 1 is 1.24 bits per heavy atom. The molecular weight excluding hydrogens is 320 g/mol. The fourth-order valence-electron chi connectivity index (χ4n) is 2.72. The number of para-hydroxylation sites is 2. The minimum absolute atomic E-state index is 0.370. The minimum Gasteiger partial charge on any atom is -0.490 e. The van der Waals surface area contributed by atoms with Crippen LogP contribution in [0.25, 0.3) is 5.57 Å². The lowest BCUT2D eigenvalue weighted by Crippen LogP contribution is -2.33. The van der Waals surface area contributed by atoms with Crippen LogP contribution in [0, 0.1) is 0 Å². The van der Waals surface area contributed by atoms with E-state index in [0.717, 1.165) is 11.1 Å². The standard InChI is InChI=1S/C19H20N2O4/c1-2-24-16-7-3-4-8-17(16)25-18-15(6-5-11-20-18)14-9-12-21(13-10-14)19(22)23/h3-9,11H,2,10,12-13H2,1H3,(H,22,23). The molecule has 0 unspecified atom stereocenters. The molecule has 6 nitrogen and oxygen atoms in total. The summed E-state index contributed by atoms with van der Waals surface area (Å²) in [6.45, 7) is 3.30. The Bertz CT molecular complexity index is 788. The van der Waals surface area contributed by atoms with E-state index >= 15 is 0 Å². The van der Waals surface area contributed by atoms with Gasteiger partial charge in [0.05, 0.1) is 6.61 Å². The van der Waals surface area contributed by atoms with Gasteiger partial charge in [-0.05, 0) is 43.2 Å². The van der Waals surface area contributed by atoms with Gasteiger partial charge in [-0.3, -0.25) is 0 Å². The van der Waals surface area contributed by atoms with Crippen LogP contribution in [-0.4, -0.2) is 40.8 Å². The van der Waals surface area contributed by atoms with Crippen LogP contribution in [0.1, 0.15) is 18.9 Å². The maximum Gasteiger partial charge on any atom is 0.407 e. The van der Waals surface area contributed by atoms with Gasteiger partial charge in [0.2, 0.25) is 5.88 Å². The lowest BCUT2D eigenvalue weighted by Gasteiger charge is -2.24. The maximum absolute atomic E-state index is 11.1. The normalized spacial score (nSPS) is 14.0. The highest BCUT2D eigenvalue weighted by Crippen LogP contribution is 2.35. The van der Waals surface area contributed by atoms with Crippen LogP contribution >= 0.6 is 0 Å². The molecule has 2 aromatic rings. The van der Waals surface area contributed by atoms with Crippen molar-refractivity contribution in [1.82, 2.24) is 9.88 Å². The fraction of sp³-hybridized carbons (Fsp3) is 0.263. The largest absolute Gasteiger partial charge is 0.490 e. The van der Waals surface area contributed by atoms with Crippen molar-refractivity contribution >= 4 is 11.7 Å². The molecule has 1 N–H and O–H groups in total. The molecule has 2 heterocycles.